The van der Waals surface area contributed by atoms with E-state index in [1.54, 1.807) is 36.4 Å². The maximum Gasteiger partial charge on any atom is 0.248 e. The lowest BCUT2D eigenvalue weighted by Gasteiger charge is -2.38. The number of carbonyl (C=O) groups is 2. The number of rotatable bonds is 7. The van der Waals surface area contributed by atoms with Gasteiger partial charge in [0.1, 0.15) is 6.04 Å². The van der Waals surface area contributed by atoms with Gasteiger partial charge in [0.25, 0.3) is 0 Å². The summed E-state index contributed by atoms with van der Waals surface area (Å²) in [4.78, 5) is 24.7. The highest BCUT2D eigenvalue weighted by molar-refractivity contribution is 7.89. The van der Waals surface area contributed by atoms with Crippen molar-refractivity contribution in [2.24, 2.45) is 5.73 Å². The van der Waals surface area contributed by atoms with Gasteiger partial charge in [-0.05, 0) is 48.5 Å². The fourth-order valence-corrected chi connectivity index (χ4v) is 6.92. The van der Waals surface area contributed by atoms with Crippen LogP contribution in [0.25, 0.3) is 0 Å². The van der Waals surface area contributed by atoms with Crippen molar-refractivity contribution in [2.75, 3.05) is 25.0 Å². The van der Waals surface area contributed by atoms with E-state index in [0.29, 0.717) is 5.69 Å². The molecule has 0 bridgehead atoms. The van der Waals surface area contributed by atoms with E-state index < -0.39 is 37.9 Å². The number of benzene rings is 3. The fraction of sp³-hybridized carbons (Fsp3) is 0.167. The summed E-state index contributed by atoms with van der Waals surface area (Å²) in [5, 5.41) is 2.62. The zero-order valence-electron chi connectivity index (χ0n) is 19.0. The third-order valence-corrected chi connectivity index (χ3v) is 9.57. The Labute approximate surface area is 209 Å². The van der Waals surface area contributed by atoms with Crippen LogP contribution in [0.15, 0.2) is 94.7 Å². The van der Waals surface area contributed by atoms with E-state index in [4.69, 9.17) is 5.73 Å². The maximum absolute atomic E-state index is 13.4. The second-order valence-electron chi connectivity index (χ2n) is 8.05. The summed E-state index contributed by atoms with van der Waals surface area (Å²) in [5.41, 5.74) is 5.78. The number of sulfonamides is 2. The molecule has 12 heteroatoms. The zero-order chi connectivity index (χ0) is 25.9. The lowest BCUT2D eigenvalue weighted by molar-refractivity contribution is -0.120. The summed E-state index contributed by atoms with van der Waals surface area (Å²) in [7, 11) is -8.08. The van der Waals surface area contributed by atoms with Crippen molar-refractivity contribution >= 4 is 37.5 Å². The standard InChI is InChI=1S/C24H24N4O6S2/c25-23(29)18-11-13-19(14-12-18)26-24(30)22-17-27(35(31,32)20-7-3-1-4-8-20)15-16-28(22)36(33,34)21-9-5-2-6-10-21/h1-14,22H,15-17H2,(H2,25,29)(H,26,30)/t22-/m0/s1. The van der Waals surface area contributed by atoms with Crippen molar-refractivity contribution in [3.8, 4) is 0 Å². The second kappa shape index (κ2) is 10.2. The van der Waals surface area contributed by atoms with Crippen molar-refractivity contribution in [1.82, 2.24) is 8.61 Å². The van der Waals surface area contributed by atoms with Gasteiger partial charge in [-0.3, -0.25) is 9.59 Å². The first-order valence-electron chi connectivity index (χ1n) is 10.9. The molecule has 1 aliphatic rings. The van der Waals surface area contributed by atoms with Crippen LogP contribution in [-0.2, 0) is 24.8 Å². The molecule has 1 fully saturated rings. The Morgan fingerprint density at radius 2 is 1.28 bits per heavy atom. The third kappa shape index (κ3) is 5.16. The van der Waals surface area contributed by atoms with Crippen LogP contribution in [0, 0.1) is 0 Å². The lowest BCUT2D eigenvalue weighted by atomic mass is 10.2. The largest absolute Gasteiger partial charge is 0.366 e. The number of carbonyl (C=O) groups excluding carboxylic acids is 2. The number of nitrogens with zero attached hydrogens (tertiary/aromatic N) is 2. The minimum Gasteiger partial charge on any atom is -0.366 e. The molecule has 1 saturated heterocycles. The van der Waals surface area contributed by atoms with Crippen LogP contribution in [0.3, 0.4) is 0 Å². The number of nitrogens with one attached hydrogen (secondary N) is 1. The molecule has 0 unspecified atom stereocenters. The number of nitrogens with two attached hydrogens (primary N) is 1. The predicted octanol–water partition coefficient (Wildman–Crippen LogP) is 1.49. The summed E-state index contributed by atoms with van der Waals surface area (Å²) in [5.74, 6) is -1.35. The average Bonchev–Trinajstić information content (AvgIpc) is 2.89. The first-order chi connectivity index (χ1) is 17.1. The van der Waals surface area contributed by atoms with Crippen LogP contribution in [0.5, 0.6) is 0 Å². The maximum atomic E-state index is 13.4. The number of piperazine rings is 1. The molecule has 0 saturated carbocycles. The highest BCUT2D eigenvalue weighted by Gasteiger charge is 2.43. The second-order valence-corrected chi connectivity index (χ2v) is 11.9. The molecule has 3 N–H and O–H groups in total. The molecule has 0 aromatic heterocycles. The number of primary amides is 1. The Morgan fingerprint density at radius 3 is 1.81 bits per heavy atom. The molecule has 2 amide bonds. The number of hydrogen-bond acceptors (Lipinski definition) is 6. The molecule has 1 heterocycles. The van der Waals surface area contributed by atoms with Crippen LogP contribution in [0.2, 0.25) is 0 Å². The van der Waals surface area contributed by atoms with E-state index in [-0.39, 0.29) is 35.0 Å². The van der Waals surface area contributed by atoms with Gasteiger partial charge >= 0.3 is 0 Å². The Kier molecular flexibility index (Phi) is 7.22. The molecule has 0 radical (unpaired) electrons. The molecule has 1 aliphatic heterocycles. The molecule has 0 aliphatic carbocycles. The van der Waals surface area contributed by atoms with Gasteiger partial charge in [0, 0.05) is 30.9 Å². The van der Waals surface area contributed by atoms with Crippen molar-refractivity contribution in [1.29, 1.82) is 0 Å². The molecule has 3 aromatic carbocycles. The number of amides is 2. The predicted molar refractivity (Wildman–Crippen MR) is 133 cm³/mol. The van der Waals surface area contributed by atoms with Crippen LogP contribution >= 0.6 is 0 Å². The van der Waals surface area contributed by atoms with E-state index in [9.17, 15) is 26.4 Å². The van der Waals surface area contributed by atoms with Gasteiger partial charge in [-0.2, -0.15) is 8.61 Å². The molecule has 188 valence electrons. The summed E-state index contributed by atoms with van der Waals surface area (Å²) >= 11 is 0. The van der Waals surface area contributed by atoms with Gasteiger partial charge in [0.15, 0.2) is 0 Å². The lowest BCUT2D eigenvalue weighted by Crippen LogP contribution is -2.60. The first-order valence-corrected chi connectivity index (χ1v) is 13.8. The smallest absolute Gasteiger partial charge is 0.248 e. The fourth-order valence-electron chi connectivity index (χ4n) is 3.87. The highest BCUT2D eigenvalue weighted by Crippen LogP contribution is 2.26. The SMILES string of the molecule is NC(=O)c1ccc(NC(=O)[C@@H]2CN(S(=O)(=O)c3ccccc3)CCN2S(=O)(=O)c2ccccc2)cc1. The monoisotopic (exact) mass is 528 g/mol. The minimum absolute atomic E-state index is 0.00650. The van der Waals surface area contributed by atoms with Gasteiger partial charge in [-0.1, -0.05) is 36.4 Å². The number of anilines is 1. The molecule has 36 heavy (non-hydrogen) atoms. The van der Waals surface area contributed by atoms with Crippen LogP contribution in [-0.4, -0.2) is 62.9 Å². The molecule has 10 nitrogen and oxygen atoms in total. The normalized spacial score (nSPS) is 17.4. The van der Waals surface area contributed by atoms with Crippen LogP contribution in [0.4, 0.5) is 5.69 Å². The Balaban J connectivity index is 1.67. The molecule has 1 atom stereocenters. The zero-order valence-corrected chi connectivity index (χ0v) is 20.7. The topological polar surface area (TPSA) is 147 Å². The first kappa shape index (κ1) is 25.5. The van der Waals surface area contributed by atoms with Crippen molar-refractivity contribution in [2.45, 2.75) is 15.8 Å². The van der Waals surface area contributed by atoms with Gasteiger partial charge in [-0.15, -0.1) is 0 Å². The highest BCUT2D eigenvalue weighted by atomic mass is 32.2. The molecule has 4 rings (SSSR count). The van der Waals surface area contributed by atoms with E-state index in [1.165, 1.54) is 48.5 Å². The van der Waals surface area contributed by atoms with Crippen molar-refractivity contribution < 1.29 is 26.4 Å². The van der Waals surface area contributed by atoms with Crippen molar-refractivity contribution in [3.63, 3.8) is 0 Å². The molecule has 3 aromatic rings. The summed E-state index contributed by atoms with van der Waals surface area (Å²) in [6, 6.07) is 19.8. The summed E-state index contributed by atoms with van der Waals surface area (Å²) in [6.07, 6.45) is 0. The van der Waals surface area contributed by atoms with E-state index in [2.05, 4.69) is 5.32 Å². The Bertz CT molecular complexity index is 1460. The van der Waals surface area contributed by atoms with Crippen LogP contribution in [0.1, 0.15) is 10.4 Å². The third-order valence-electron chi connectivity index (χ3n) is 5.76. The minimum atomic E-state index is -4.11. The van der Waals surface area contributed by atoms with Gasteiger partial charge < -0.3 is 11.1 Å². The van der Waals surface area contributed by atoms with Gasteiger partial charge in [0.05, 0.1) is 9.79 Å². The van der Waals surface area contributed by atoms with E-state index in [0.717, 1.165) is 8.61 Å². The molecular formula is C24H24N4O6S2. The molecule has 0 spiro atoms. The van der Waals surface area contributed by atoms with Crippen LogP contribution < -0.4 is 11.1 Å². The average molecular weight is 529 g/mol. The van der Waals surface area contributed by atoms with Gasteiger partial charge in [-0.25, -0.2) is 16.8 Å². The van der Waals surface area contributed by atoms with E-state index in [1.807, 2.05) is 0 Å². The quantitative estimate of drug-likeness (QED) is 0.475. The Morgan fingerprint density at radius 1 is 0.750 bits per heavy atom. The van der Waals surface area contributed by atoms with Crippen molar-refractivity contribution in [3.05, 3.63) is 90.5 Å². The van der Waals surface area contributed by atoms with E-state index >= 15 is 0 Å². The Hall–Kier alpha value is -3.58. The summed E-state index contributed by atoms with van der Waals surface area (Å²) < 4.78 is 55.4. The number of hydrogen-bond donors (Lipinski definition) is 2. The summed E-state index contributed by atoms with van der Waals surface area (Å²) in [6.45, 7) is -0.725. The molecular weight excluding hydrogens is 504 g/mol. The van der Waals surface area contributed by atoms with Gasteiger partial charge in [0.2, 0.25) is 31.9 Å².